The van der Waals surface area contributed by atoms with Crippen LogP contribution in [0.4, 0.5) is 14.7 Å². The Morgan fingerprint density at radius 2 is 1.85 bits per heavy atom. The van der Waals surface area contributed by atoms with Gasteiger partial charge in [-0.05, 0) is 37.3 Å². The first-order valence-corrected chi connectivity index (χ1v) is 8.41. The van der Waals surface area contributed by atoms with E-state index in [1.54, 1.807) is 0 Å². The van der Waals surface area contributed by atoms with Crippen LogP contribution in [-0.4, -0.2) is 33.2 Å². The number of alkyl halides is 2. The van der Waals surface area contributed by atoms with Gasteiger partial charge >= 0.3 is 12.3 Å². The van der Waals surface area contributed by atoms with Gasteiger partial charge in [0.1, 0.15) is 0 Å². The fraction of sp³-hybridized carbons (Fsp3) is 0.333. The van der Waals surface area contributed by atoms with Crippen LogP contribution in [0.15, 0.2) is 36.7 Å². The standard InChI is InChI=1S/C18H19F2N5O2/c1-11-5-2-3-6-13(11)18(7-4-8-18)24-17-22-9-12(10-23-17)15(26)25(21)16(27)14(19)20/h2-3,5-6,9-10,14H,4,7-8,21H2,1H3,(H,22,23,24). The summed E-state index contributed by atoms with van der Waals surface area (Å²) in [4.78, 5) is 31.3. The van der Waals surface area contributed by atoms with E-state index >= 15 is 0 Å². The summed E-state index contributed by atoms with van der Waals surface area (Å²) in [5.74, 6) is 2.57. The third kappa shape index (κ3) is 3.63. The quantitative estimate of drug-likeness (QED) is 0.473. The van der Waals surface area contributed by atoms with Gasteiger partial charge in [-0.25, -0.2) is 20.8 Å². The maximum Gasteiger partial charge on any atom is 0.317 e. The number of carbonyl (C=O) groups is 2. The molecule has 0 bridgehead atoms. The van der Waals surface area contributed by atoms with Crippen molar-refractivity contribution in [2.75, 3.05) is 5.32 Å². The first-order valence-electron chi connectivity index (χ1n) is 8.41. The lowest BCUT2D eigenvalue weighted by atomic mass is 9.70. The zero-order chi connectivity index (χ0) is 19.6. The summed E-state index contributed by atoms with van der Waals surface area (Å²) in [6.07, 6.45) is 1.84. The molecule has 1 aromatic heterocycles. The number of nitrogens with one attached hydrogen (secondary N) is 1. The Kier molecular flexibility index (Phi) is 5.13. The molecule has 0 aliphatic heterocycles. The van der Waals surface area contributed by atoms with Crippen molar-refractivity contribution in [2.45, 2.75) is 38.2 Å². The number of amides is 2. The van der Waals surface area contributed by atoms with Crippen molar-refractivity contribution in [3.63, 3.8) is 0 Å². The fourth-order valence-electron chi connectivity index (χ4n) is 3.16. The monoisotopic (exact) mass is 375 g/mol. The summed E-state index contributed by atoms with van der Waals surface area (Å²) in [6.45, 7) is 2.04. The molecule has 1 fully saturated rings. The Labute approximate surface area is 154 Å². The molecule has 1 heterocycles. The molecule has 7 nitrogen and oxygen atoms in total. The fourth-order valence-corrected chi connectivity index (χ4v) is 3.16. The minimum Gasteiger partial charge on any atom is -0.345 e. The van der Waals surface area contributed by atoms with Gasteiger partial charge in [0.15, 0.2) is 0 Å². The first-order chi connectivity index (χ1) is 12.8. The second-order valence-electron chi connectivity index (χ2n) is 6.49. The zero-order valence-electron chi connectivity index (χ0n) is 14.7. The van der Waals surface area contributed by atoms with E-state index in [4.69, 9.17) is 5.84 Å². The maximum atomic E-state index is 12.4. The van der Waals surface area contributed by atoms with Crippen molar-refractivity contribution in [1.29, 1.82) is 0 Å². The van der Waals surface area contributed by atoms with Crippen molar-refractivity contribution in [3.05, 3.63) is 53.3 Å². The average molecular weight is 375 g/mol. The molecular weight excluding hydrogens is 356 g/mol. The van der Waals surface area contributed by atoms with Crippen LogP contribution in [0.2, 0.25) is 0 Å². The molecule has 0 spiro atoms. The van der Waals surface area contributed by atoms with Crippen LogP contribution in [0, 0.1) is 6.92 Å². The molecule has 1 saturated carbocycles. The van der Waals surface area contributed by atoms with Gasteiger partial charge in [-0.1, -0.05) is 24.3 Å². The molecule has 2 amide bonds. The van der Waals surface area contributed by atoms with Gasteiger partial charge in [0.2, 0.25) is 5.95 Å². The van der Waals surface area contributed by atoms with E-state index < -0.39 is 18.2 Å². The van der Waals surface area contributed by atoms with Crippen molar-refractivity contribution in [3.8, 4) is 0 Å². The second kappa shape index (κ2) is 7.36. The third-order valence-electron chi connectivity index (χ3n) is 4.76. The molecule has 0 radical (unpaired) electrons. The SMILES string of the molecule is Cc1ccccc1C1(Nc2ncc(C(=O)N(N)C(=O)C(F)F)cn2)CCC1. The predicted octanol–water partition coefficient (Wildman–Crippen LogP) is 2.38. The van der Waals surface area contributed by atoms with E-state index in [1.807, 2.05) is 25.1 Å². The molecule has 0 atom stereocenters. The second-order valence-corrected chi connectivity index (χ2v) is 6.49. The van der Waals surface area contributed by atoms with Crippen LogP contribution >= 0.6 is 0 Å². The largest absolute Gasteiger partial charge is 0.345 e. The molecule has 142 valence electrons. The summed E-state index contributed by atoms with van der Waals surface area (Å²) in [6, 6.07) is 8.04. The lowest BCUT2D eigenvalue weighted by molar-refractivity contribution is -0.140. The van der Waals surface area contributed by atoms with Crippen LogP contribution in [0.5, 0.6) is 0 Å². The number of aromatic nitrogens is 2. The number of halogens is 2. The summed E-state index contributed by atoms with van der Waals surface area (Å²) < 4.78 is 24.8. The summed E-state index contributed by atoms with van der Waals surface area (Å²) in [7, 11) is 0. The predicted molar refractivity (Wildman–Crippen MR) is 93.7 cm³/mol. The average Bonchev–Trinajstić information content (AvgIpc) is 2.64. The smallest absolute Gasteiger partial charge is 0.317 e. The van der Waals surface area contributed by atoms with Crippen molar-refractivity contribution in [2.24, 2.45) is 5.84 Å². The van der Waals surface area contributed by atoms with Gasteiger partial charge in [0.05, 0.1) is 11.1 Å². The molecule has 2 aromatic rings. The third-order valence-corrected chi connectivity index (χ3v) is 4.76. The van der Waals surface area contributed by atoms with Gasteiger partial charge in [0, 0.05) is 12.4 Å². The van der Waals surface area contributed by atoms with Crippen molar-refractivity contribution < 1.29 is 18.4 Å². The number of hydrazine groups is 1. The number of rotatable bonds is 5. The van der Waals surface area contributed by atoms with E-state index in [1.165, 1.54) is 0 Å². The molecule has 0 unspecified atom stereocenters. The molecule has 27 heavy (non-hydrogen) atoms. The van der Waals surface area contributed by atoms with Gasteiger partial charge < -0.3 is 5.32 Å². The van der Waals surface area contributed by atoms with Gasteiger partial charge in [-0.15, -0.1) is 0 Å². The van der Waals surface area contributed by atoms with Crippen molar-refractivity contribution >= 4 is 17.8 Å². The number of imide groups is 1. The van der Waals surface area contributed by atoms with E-state index in [-0.39, 0.29) is 16.1 Å². The molecular formula is C18H19F2N5O2. The van der Waals surface area contributed by atoms with Crippen LogP contribution in [0.3, 0.4) is 0 Å². The minimum atomic E-state index is -3.37. The lowest BCUT2D eigenvalue weighted by Gasteiger charge is -2.44. The molecule has 3 rings (SSSR count). The van der Waals surface area contributed by atoms with E-state index in [2.05, 4.69) is 21.4 Å². The first kappa shape index (κ1) is 18.8. The normalized spacial score (nSPS) is 15.1. The molecule has 0 saturated heterocycles. The highest BCUT2D eigenvalue weighted by atomic mass is 19.3. The van der Waals surface area contributed by atoms with Crippen molar-refractivity contribution in [1.82, 2.24) is 15.0 Å². The molecule has 1 aromatic carbocycles. The highest BCUT2D eigenvalue weighted by molar-refractivity contribution is 6.04. The summed E-state index contributed by atoms with van der Waals surface area (Å²) >= 11 is 0. The Morgan fingerprint density at radius 1 is 1.22 bits per heavy atom. The number of nitrogens with two attached hydrogens (primary N) is 1. The number of hydrogen-bond donors (Lipinski definition) is 2. The Bertz CT molecular complexity index is 853. The molecule has 9 heteroatoms. The summed E-state index contributed by atoms with van der Waals surface area (Å²) in [5.41, 5.74) is 1.88. The summed E-state index contributed by atoms with van der Waals surface area (Å²) in [5, 5.41) is 3.19. The van der Waals surface area contributed by atoms with Crippen LogP contribution in [0.1, 0.15) is 40.7 Å². The van der Waals surface area contributed by atoms with E-state index in [9.17, 15) is 18.4 Å². The zero-order valence-corrected chi connectivity index (χ0v) is 14.7. The number of hydrogen-bond acceptors (Lipinski definition) is 6. The Balaban J connectivity index is 1.77. The highest BCUT2D eigenvalue weighted by Crippen LogP contribution is 2.44. The van der Waals surface area contributed by atoms with Crippen LogP contribution < -0.4 is 11.2 Å². The number of anilines is 1. The highest BCUT2D eigenvalue weighted by Gasteiger charge is 2.40. The van der Waals surface area contributed by atoms with Crippen LogP contribution in [-0.2, 0) is 10.3 Å². The van der Waals surface area contributed by atoms with Crippen LogP contribution in [0.25, 0.3) is 0 Å². The minimum absolute atomic E-state index is 0.128. The number of aryl methyl sites for hydroxylation is 1. The lowest BCUT2D eigenvalue weighted by Crippen LogP contribution is -2.45. The van der Waals surface area contributed by atoms with Gasteiger partial charge in [-0.2, -0.15) is 8.78 Å². The topological polar surface area (TPSA) is 101 Å². The number of nitrogens with zero attached hydrogens (tertiary/aromatic N) is 3. The number of carbonyl (C=O) groups excluding carboxylic acids is 2. The Hall–Kier alpha value is -2.94. The number of benzene rings is 1. The van der Waals surface area contributed by atoms with Gasteiger partial charge in [0.25, 0.3) is 5.91 Å². The Morgan fingerprint density at radius 3 is 2.37 bits per heavy atom. The molecule has 1 aliphatic rings. The maximum absolute atomic E-state index is 12.4. The molecule has 3 N–H and O–H groups in total. The van der Waals surface area contributed by atoms with E-state index in [0.29, 0.717) is 5.95 Å². The molecule has 1 aliphatic carbocycles. The van der Waals surface area contributed by atoms with Gasteiger partial charge in [-0.3, -0.25) is 9.59 Å². The van der Waals surface area contributed by atoms with E-state index in [0.717, 1.165) is 42.8 Å².